The summed E-state index contributed by atoms with van der Waals surface area (Å²) in [7, 11) is 0. The van der Waals surface area contributed by atoms with E-state index in [1.54, 1.807) is 6.92 Å². The van der Waals surface area contributed by atoms with Crippen LogP contribution in [0.4, 0.5) is 0 Å². The first-order valence-electron chi connectivity index (χ1n) is 30.8. The third-order valence-electron chi connectivity index (χ3n) is 23.5. The average molecular weight is 1240 g/mol. The zero-order chi connectivity index (χ0) is 62.9. The normalized spacial score (nSPS) is 55.6. The van der Waals surface area contributed by atoms with Gasteiger partial charge in [-0.05, 0) is 111 Å². The lowest BCUT2D eigenvalue weighted by molar-refractivity contribution is -0.381. The van der Waals surface area contributed by atoms with Crippen molar-refractivity contribution in [2.24, 2.45) is 50.7 Å². The molecule has 34 atom stereocenters. The summed E-state index contributed by atoms with van der Waals surface area (Å²) in [5.41, 5.74) is -3.48. The van der Waals surface area contributed by atoms with Crippen molar-refractivity contribution >= 4 is 5.97 Å². The molecular formula is C59H96O27. The SMILES string of the molecule is C[C@@H]1O[C@@H](O[C@H]2[C@H](O[C@H]3CC[C@]4(C)[C@H]5CC=C6[C@H]7[C@](C(=O)O[C@@H]8O[C@H](CO[C@@H]9O[C@H](CO)[C@@H](O)[C@@H](O)[C@H]9O)[C@@H](O)[C@H](O)[C@H]8O)(CC[C@@H](C)[C@@]7(C)O)CC[C@@]6(C)[C@]5(C)CC[C@H]4C3(C)C)OC[C@@H](O)[C@@H]2O)[C@H](O)[C@H](O)[C@H]1O[C@@H]1O[C@H](CO)[C@@H](O)[C@H](O)[C@H]1O. The minimum Gasteiger partial charge on any atom is -0.432 e. The first kappa shape index (κ1) is 67.1. The van der Waals surface area contributed by atoms with Gasteiger partial charge < -0.3 is 129 Å². The summed E-state index contributed by atoms with van der Waals surface area (Å²) < 4.78 is 59.5. The third-order valence-corrected chi connectivity index (χ3v) is 23.5. The van der Waals surface area contributed by atoms with Gasteiger partial charge in [0.25, 0.3) is 0 Å². The Bertz CT molecular complexity index is 2400. The second kappa shape index (κ2) is 24.6. The molecule has 27 heteroatoms. The number of fused-ring (bicyclic) bond motifs is 7. The Labute approximate surface area is 499 Å². The molecule has 4 saturated carbocycles. The number of aliphatic hydroxyl groups excluding tert-OH is 15. The largest absolute Gasteiger partial charge is 0.432 e. The fourth-order valence-corrected chi connectivity index (χ4v) is 17.8. The summed E-state index contributed by atoms with van der Waals surface area (Å²) in [5.74, 6) is -1.56. The van der Waals surface area contributed by atoms with E-state index in [-0.39, 0.29) is 35.2 Å². The van der Waals surface area contributed by atoms with Crippen LogP contribution in [0.15, 0.2) is 11.6 Å². The maximum absolute atomic E-state index is 15.2. The van der Waals surface area contributed by atoms with Gasteiger partial charge in [0.15, 0.2) is 25.2 Å². The van der Waals surface area contributed by atoms with E-state index in [2.05, 4.69) is 40.7 Å². The lowest BCUT2D eigenvalue weighted by Gasteiger charge is -2.72. The molecule has 16 N–H and O–H groups in total. The highest BCUT2D eigenvalue weighted by atomic mass is 16.8. The Morgan fingerprint density at radius 3 is 1.76 bits per heavy atom. The molecule has 0 aromatic carbocycles. The van der Waals surface area contributed by atoms with Crippen molar-refractivity contribution in [2.45, 2.75) is 272 Å². The second-order valence-corrected chi connectivity index (χ2v) is 28.3. The van der Waals surface area contributed by atoms with E-state index in [1.807, 2.05) is 6.92 Å². The van der Waals surface area contributed by atoms with Gasteiger partial charge in [-0.1, -0.05) is 53.2 Å². The molecule has 0 aromatic heterocycles. The van der Waals surface area contributed by atoms with Gasteiger partial charge in [-0.15, -0.1) is 0 Å². The van der Waals surface area contributed by atoms with E-state index >= 15 is 4.79 Å². The number of ether oxygens (including phenoxy) is 10. The Morgan fingerprint density at radius 2 is 1.12 bits per heavy atom. The molecule has 0 spiro atoms. The van der Waals surface area contributed by atoms with Crippen molar-refractivity contribution in [1.82, 2.24) is 0 Å². The van der Waals surface area contributed by atoms with Crippen LogP contribution in [0.3, 0.4) is 0 Å². The fraction of sp³-hybridized carbons (Fsp3) is 0.949. The van der Waals surface area contributed by atoms with E-state index in [0.29, 0.717) is 44.9 Å². The summed E-state index contributed by atoms with van der Waals surface area (Å²) >= 11 is 0. The molecule has 0 unspecified atom stereocenters. The van der Waals surface area contributed by atoms with Crippen molar-refractivity contribution in [2.75, 3.05) is 26.4 Å². The highest BCUT2D eigenvalue weighted by molar-refractivity contribution is 5.79. The van der Waals surface area contributed by atoms with Crippen molar-refractivity contribution in [3.05, 3.63) is 11.6 Å². The quantitative estimate of drug-likeness (QED) is 0.0482. The van der Waals surface area contributed by atoms with Crippen LogP contribution in [0.2, 0.25) is 0 Å². The van der Waals surface area contributed by atoms with Gasteiger partial charge >= 0.3 is 5.97 Å². The molecule has 0 aromatic rings. The highest BCUT2D eigenvalue weighted by Crippen LogP contribution is 2.76. The van der Waals surface area contributed by atoms with E-state index in [9.17, 15) is 81.7 Å². The van der Waals surface area contributed by atoms with Crippen LogP contribution in [-0.4, -0.2) is 273 Å². The highest BCUT2D eigenvalue weighted by Gasteiger charge is 2.72. The van der Waals surface area contributed by atoms with E-state index < -0.39 is 207 Å². The zero-order valence-corrected chi connectivity index (χ0v) is 50.2. The van der Waals surface area contributed by atoms with Gasteiger partial charge in [0, 0.05) is 5.92 Å². The van der Waals surface area contributed by atoms with Gasteiger partial charge in [-0.25, -0.2) is 0 Å². The predicted molar refractivity (Wildman–Crippen MR) is 289 cm³/mol. The standard InChI is InChI=1S/C59H96O27/c1-23-11-16-59(53(75)86-51-43(73)39(69)36(66)29(82-51)22-78-48-41(71)37(67)34(64)27(19-60)80-48)18-17-56(6)25(47(59)58(23,8)76)9-10-31-55(5)14-13-32(54(3,4)30(55)12-15-57(31,56)7)83-52-46(33(63)26(62)21-77-52)85-49-44(74)40(70)45(24(2)79-49)84-50-42(72)38(68)35(65)28(20-61)81-50/h9,23-24,26-52,60-74,76H,10-22H2,1-8H3/t23-,24+,26-,27-,28-,29-,30+,31-,32+,33+,34-,35-,36-,37-,38+,39+,40+,41-,42-,43-,44-,45+,46-,47-,48-,49+,50+,51+,52+,55+,56-,57-,58-,59+/m1/s1. The van der Waals surface area contributed by atoms with Crippen LogP contribution in [0.25, 0.3) is 0 Å². The topological polar surface area (TPSA) is 433 Å². The van der Waals surface area contributed by atoms with Crippen molar-refractivity contribution < 1.29 is 134 Å². The molecule has 0 bridgehead atoms. The number of allylic oxidation sites excluding steroid dienone is 1. The van der Waals surface area contributed by atoms with Gasteiger partial charge in [0.05, 0.1) is 49.7 Å². The van der Waals surface area contributed by atoms with Crippen molar-refractivity contribution in [3.8, 4) is 0 Å². The number of carbonyl (C=O) groups excluding carboxylic acids is 1. The lowest BCUT2D eigenvalue weighted by atomic mass is 9.33. The van der Waals surface area contributed by atoms with Gasteiger partial charge in [-0.2, -0.15) is 0 Å². The molecule has 5 heterocycles. The second-order valence-electron chi connectivity index (χ2n) is 28.3. The summed E-state index contributed by atoms with van der Waals surface area (Å²) in [4.78, 5) is 15.2. The van der Waals surface area contributed by atoms with Crippen LogP contribution < -0.4 is 0 Å². The first-order valence-corrected chi connectivity index (χ1v) is 30.8. The molecule has 10 rings (SSSR count). The van der Waals surface area contributed by atoms with Gasteiger partial charge in [0.2, 0.25) is 6.29 Å². The maximum atomic E-state index is 15.2. The number of esters is 1. The zero-order valence-electron chi connectivity index (χ0n) is 50.2. The summed E-state index contributed by atoms with van der Waals surface area (Å²) in [6.07, 6.45) is -31.8. The number of hydrogen-bond donors (Lipinski definition) is 16. The number of carbonyl (C=O) groups is 1. The molecule has 9 fully saturated rings. The van der Waals surface area contributed by atoms with E-state index in [0.717, 1.165) is 18.4 Å². The molecule has 0 radical (unpaired) electrons. The molecule has 5 aliphatic carbocycles. The van der Waals surface area contributed by atoms with E-state index in [4.69, 9.17) is 47.4 Å². The maximum Gasteiger partial charge on any atom is 0.315 e. The van der Waals surface area contributed by atoms with Crippen LogP contribution in [0.5, 0.6) is 0 Å². The third kappa shape index (κ3) is 10.9. The predicted octanol–water partition coefficient (Wildman–Crippen LogP) is -3.57. The van der Waals surface area contributed by atoms with Crippen molar-refractivity contribution in [3.63, 3.8) is 0 Å². The van der Waals surface area contributed by atoms with Crippen molar-refractivity contribution in [1.29, 1.82) is 0 Å². The lowest BCUT2D eigenvalue weighted by Crippen LogP contribution is -2.68. The molecule has 5 saturated heterocycles. The Balaban J connectivity index is 0.838. The summed E-state index contributed by atoms with van der Waals surface area (Å²) in [6, 6.07) is 0. The average Bonchev–Trinajstić information content (AvgIpc) is 0.695. The Morgan fingerprint density at radius 1 is 0.558 bits per heavy atom. The fourth-order valence-electron chi connectivity index (χ4n) is 17.8. The van der Waals surface area contributed by atoms with Gasteiger partial charge in [-0.3, -0.25) is 4.79 Å². The summed E-state index contributed by atoms with van der Waals surface area (Å²) in [5, 5.41) is 173. The molecule has 86 heavy (non-hydrogen) atoms. The molecule has 0 amide bonds. The molecule has 494 valence electrons. The smallest absolute Gasteiger partial charge is 0.315 e. The Kier molecular flexibility index (Phi) is 19.2. The summed E-state index contributed by atoms with van der Waals surface area (Å²) in [6.45, 7) is 14.1. The molecular weight excluding hydrogens is 1140 g/mol. The van der Waals surface area contributed by atoms with Crippen LogP contribution in [0, 0.1) is 50.7 Å². The monoisotopic (exact) mass is 1240 g/mol. The minimum atomic E-state index is -1.92. The van der Waals surface area contributed by atoms with Crippen LogP contribution >= 0.6 is 0 Å². The van der Waals surface area contributed by atoms with Crippen LogP contribution in [-0.2, 0) is 52.2 Å². The van der Waals surface area contributed by atoms with E-state index in [1.165, 1.54) is 6.92 Å². The van der Waals surface area contributed by atoms with Crippen LogP contribution in [0.1, 0.15) is 113 Å². The molecule has 27 nitrogen and oxygen atoms in total. The number of hydrogen-bond acceptors (Lipinski definition) is 27. The molecule has 10 aliphatic rings. The minimum absolute atomic E-state index is 0.0710. The van der Waals surface area contributed by atoms with Gasteiger partial charge in [0.1, 0.15) is 110 Å². The first-order chi connectivity index (χ1) is 40.2. The number of aliphatic hydroxyl groups is 16. The molecule has 5 aliphatic heterocycles. The number of rotatable bonds is 13. The Hall–Kier alpha value is -1.79.